The van der Waals surface area contributed by atoms with E-state index in [1.54, 1.807) is 0 Å². The Bertz CT molecular complexity index is 508. The molecule has 0 heterocycles. The molecular formula is C17H31NO2S. The predicted molar refractivity (Wildman–Crippen MR) is 87.0 cm³/mol. The van der Waals surface area contributed by atoms with Crippen LogP contribution in [-0.2, 0) is 9.84 Å². The standard InChI is InChI=1S/C17H31NO2S/c1-16(2)12-8-9-17(3,11-12)15(16)18-13-6-5-7-14(10-13)21(4,19)20/h12-15,18H,5-11H2,1-4H3. The van der Waals surface area contributed by atoms with Crippen LogP contribution in [0, 0.1) is 16.7 Å². The summed E-state index contributed by atoms with van der Waals surface area (Å²) in [6, 6.07) is 0.936. The van der Waals surface area contributed by atoms with Gasteiger partial charge in [0, 0.05) is 18.3 Å². The molecule has 21 heavy (non-hydrogen) atoms. The number of nitrogens with one attached hydrogen (secondary N) is 1. The Balaban J connectivity index is 1.72. The smallest absolute Gasteiger partial charge is 0.150 e. The van der Waals surface area contributed by atoms with E-state index in [0.29, 0.717) is 22.9 Å². The third-order valence-electron chi connectivity index (χ3n) is 6.90. The molecule has 3 rings (SSSR count). The van der Waals surface area contributed by atoms with Crippen LogP contribution in [0.15, 0.2) is 0 Å². The minimum Gasteiger partial charge on any atom is -0.310 e. The summed E-state index contributed by atoms with van der Waals surface area (Å²) in [6.45, 7) is 7.27. The first kappa shape index (κ1) is 15.8. The van der Waals surface area contributed by atoms with Crippen molar-refractivity contribution in [2.75, 3.05) is 6.26 Å². The van der Waals surface area contributed by atoms with E-state index < -0.39 is 9.84 Å². The molecule has 0 aromatic heterocycles. The molecule has 4 heteroatoms. The van der Waals surface area contributed by atoms with E-state index >= 15 is 0 Å². The summed E-state index contributed by atoms with van der Waals surface area (Å²) < 4.78 is 23.7. The van der Waals surface area contributed by atoms with Crippen LogP contribution < -0.4 is 5.32 Å². The van der Waals surface area contributed by atoms with E-state index in [0.717, 1.165) is 31.6 Å². The first-order chi connectivity index (χ1) is 9.63. The summed E-state index contributed by atoms with van der Waals surface area (Å²) >= 11 is 0. The first-order valence-electron chi connectivity index (χ1n) is 8.58. The Morgan fingerprint density at radius 2 is 1.81 bits per heavy atom. The van der Waals surface area contributed by atoms with E-state index in [4.69, 9.17) is 0 Å². The van der Waals surface area contributed by atoms with Crippen LogP contribution in [0.4, 0.5) is 0 Å². The number of hydrogen-bond donors (Lipinski definition) is 1. The van der Waals surface area contributed by atoms with Crippen molar-refractivity contribution in [3.05, 3.63) is 0 Å². The van der Waals surface area contributed by atoms with Gasteiger partial charge in [0.05, 0.1) is 5.25 Å². The molecule has 2 bridgehead atoms. The van der Waals surface area contributed by atoms with Crippen molar-refractivity contribution in [2.24, 2.45) is 16.7 Å². The minimum atomic E-state index is -2.89. The lowest BCUT2D eigenvalue weighted by Gasteiger charge is -2.46. The summed E-state index contributed by atoms with van der Waals surface area (Å²) in [4.78, 5) is 0. The SMILES string of the molecule is CC12CCC(C1)C(C)(C)C2NC1CCCC(S(C)(=O)=O)C1. The molecule has 3 aliphatic rings. The second-order valence-corrected chi connectivity index (χ2v) is 11.2. The third kappa shape index (κ3) is 2.67. The highest BCUT2D eigenvalue weighted by atomic mass is 32.2. The Morgan fingerprint density at radius 1 is 1.10 bits per heavy atom. The zero-order valence-corrected chi connectivity index (χ0v) is 14.8. The van der Waals surface area contributed by atoms with Crippen LogP contribution in [-0.4, -0.2) is 32.0 Å². The van der Waals surface area contributed by atoms with Crippen LogP contribution in [0.1, 0.15) is 65.7 Å². The van der Waals surface area contributed by atoms with Crippen molar-refractivity contribution in [2.45, 2.75) is 83.1 Å². The van der Waals surface area contributed by atoms with Crippen molar-refractivity contribution in [1.82, 2.24) is 5.32 Å². The molecule has 0 amide bonds. The average Bonchev–Trinajstić information content (AvgIpc) is 2.85. The predicted octanol–water partition coefficient (Wildman–Crippen LogP) is 3.15. The fraction of sp³-hybridized carbons (Fsp3) is 1.00. The molecule has 3 nitrogen and oxygen atoms in total. The Hall–Kier alpha value is -0.0900. The molecule has 122 valence electrons. The van der Waals surface area contributed by atoms with E-state index in [2.05, 4.69) is 26.1 Å². The van der Waals surface area contributed by atoms with Crippen molar-refractivity contribution in [3.8, 4) is 0 Å². The van der Waals surface area contributed by atoms with Gasteiger partial charge in [0.15, 0.2) is 0 Å². The van der Waals surface area contributed by atoms with E-state index in [-0.39, 0.29) is 5.25 Å². The van der Waals surface area contributed by atoms with Gasteiger partial charge in [0.1, 0.15) is 9.84 Å². The number of hydrogen-bond acceptors (Lipinski definition) is 3. The maximum Gasteiger partial charge on any atom is 0.150 e. The molecule has 1 N–H and O–H groups in total. The molecule has 0 saturated heterocycles. The van der Waals surface area contributed by atoms with E-state index in [1.165, 1.54) is 25.5 Å². The fourth-order valence-electron chi connectivity index (χ4n) is 5.64. The topological polar surface area (TPSA) is 46.2 Å². The van der Waals surface area contributed by atoms with Gasteiger partial charge in [0.25, 0.3) is 0 Å². The molecule has 0 aliphatic heterocycles. The lowest BCUT2D eigenvalue weighted by Crippen LogP contribution is -2.55. The Labute approximate surface area is 130 Å². The van der Waals surface area contributed by atoms with Gasteiger partial charge in [-0.2, -0.15) is 0 Å². The van der Waals surface area contributed by atoms with Gasteiger partial charge in [-0.1, -0.05) is 27.2 Å². The van der Waals surface area contributed by atoms with Crippen molar-refractivity contribution >= 4 is 9.84 Å². The average molecular weight is 314 g/mol. The van der Waals surface area contributed by atoms with Gasteiger partial charge in [-0.3, -0.25) is 0 Å². The second-order valence-electron chi connectivity index (χ2n) is 8.83. The molecule has 0 aromatic carbocycles. The van der Waals surface area contributed by atoms with Gasteiger partial charge in [-0.15, -0.1) is 0 Å². The highest BCUT2D eigenvalue weighted by Gasteiger charge is 2.59. The summed E-state index contributed by atoms with van der Waals surface area (Å²) in [6.07, 6.45) is 9.31. The van der Waals surface area contributed by atoms with E-state index in [1.807, 2.05) is 0 Å². The summed E-state index contributed by atoms with van der Waals surface area (Å²) in [5.74, 6) is 0.842. The lowest BCUT2D eigenvalue weighted by atomic mass is 9.68. The van der Waals surface area contributed by atoms with Crippen molar-refractivity contribution in [3.63, 3.8) is 0 Å². The van der Waals surface area contributed by atoms with Crippen molar-refractivity contribution in [1.29, 1.82) is 0 Å². The van der Waals surface area contributed by atoms with Gasteiger partial charge in [-0.25, -0.2) is 8.42 Å². The van der Waals surface area contributed by atoms with Crippen molar-refractivity contribution < 1.29 is 8.42 Å². The lowest BCUT2D eigenvalue weighted by molar-refractivity contribution is 0.0927. The fourth-order valence-corrected chi connectivity index (χ4v) is 6.82. The molecular weight excluding hydrogens is 282 g/mol. The van der Waals surface area contributed by atoms with Gasteiger partial charge < -0.3 is 5.32 Å². The minimum absolute atomic E-state index is 0.127. The molecule has 0 aromatic rings. The zero-order chi connectivity index (χ0) is 15.5. The molecule has 5 unspecified atom stereocenters. The largest absolute Gasteiger partial charge is 0.310 e. The molecule has 5 atom stereocenters. The molecule has 3 fully saturated rings. The second kappa shape index (κ2) is 4.95. The summed E-state index contributed by atoms with van der Waals surface area (Å²) in [5, 5.41) is 3.79. The number of fused-ring (bicyclic) bond motifs is 2. The maximum atomic E-state index is 11.9. The molecule has 0 spiro atoms. The van der Waals surface area contributed by atoms with E-state index in [9.17, 15) is 8.42 Å². The van der Waals surface area contributed by atoms with Crippen LogP contribution in [0.5, 0.6) is 0 Å². The number of rotatable bonds is 3. The Kier molecular flexibility index (Phi) is 3.73. The summed E-state index contributed by atoms with van der Waals surface area (Å²) in [7, 11) is -2.89. The summed E-state index contributed by atoms with van der Waals surface area (Å²) in [5.41, 5.74) is 0.775. The van der Waals surface area contributed by atoms with Gasteiger partial charge in [-0.05, 0) is 55.3 Å². The zero-order valence-electron chi connectivity index (χ0n) is 14.0. The van der Waals surface area contributed by atoms with Crippen LogP contribution in [0.3, 0.4) is 0 Å². The molecule has 3 aliphatic carbocycles. The van der Waals surface area contributed by atoms with Crippen LogP contribution in [0.2, 0.25) is 0 Å². The highest BCUT2D eigenvalue weighted by Crippen LogP contribution is 2.62. The first-order valence-corrected chi connectivity index (χ1v) is 10.5. The van der Waals surface area contributed by atoms with Gasteiger partial charge >= 0.3 is 0 Å². The molecule has 0 radical (unpaired) electrons. The maximum absolute atomic E-state index is 11.9. The molecule has 3 saturated carbocycles. The monoisotopic (exact) mass is 313 g/mol. The van der Waals surface area contributed by atoms with Crippen LogP contribution in [0.25, 0.3) is 0 Å². The normalized spacial score (nSPS) is 45.9. The van der Waals surface area contributed by atoms with Crippen LogP contribution >= 0.6 is 0 Å². The quantitative estimate of drug-likeness (QED) is 0.870. The highest BCUT2D eigenvalue weighted by molar-refractivity contribution is 7.91. The number of sulfone groups is 1. The van der Waals surface area contributed by atoms with Gasteiger partial charge in [0.2, 0.25) is 0 Å². The Morgan fingerprint density at radius 3 is 2.38 bits per heavy atom. The third-order valence-corrected chi connectivity index (χ3v) is 8.54.